The Hall–Kier alpha value is -2.90. The number of rotatable bonds is 5. The molecule has 0 radical (unpaired) electrons. The fourth-order valence-electron chi connectivity index (χ4n) is 2.73. The molecule has 0 bridgehead atoms. The molecule has 1 saturated heterocycles. The standard InChI is InChI=1S/C16H17N3O5/c1-11-8-13(24-17-11)10-23-16(20)12-4-5-14(15(9-12)19(21)22)18-6-2-3-7-18/h4-5,8-9H,2-3,6-7,10H2,1H3. The molecule has 24 heavy (non-hydrogen) atoms. The number of ether oxygens (including phenoxy) is 1. The Balaban J connectivity index is 1.76. The van der Waals surface area contributed by atoms with Crippen molar-refractivity contribution in [2.24, 2.45) is 0 Å². The van der Waals surface area contributed by atoms with Crippen LogP contribution in [0.4, 0.5) is 11.4 Å². The maximum absolute atomic E-state index is 12.1. The van der Waals surface area contributed by atoms with E-state index in [4.69, 9.17) is 9.26 Å². The van der Waals surface area contributed by atoms with Gasteiger partial charge in [-0.1, -0.05) is 5.16 Å². The van der Waals surface area contributed by atoms with E-state index in [0.717, 1.165) is 25.9 Å². The second-order valence-corrected chi connectivity index (χ2v) is 5.67. The molecule has 3 rings (SSSR count). The van der Waals surface area contributed by atoms with Gasteiger partial charge >= 0.3 is 5.97 Å². The van der Waals surface area contributed by atoms with Crippen LogP contribution in [0.3, 0.4) is 0 Å². The van der Waals surface area contributed by atoms with Gasteiger partial charge in [-0.15, -0.1) is 0 Å². The van der Waals surface area contributed by atoms with Gasteiger partial charge in [0.15, 0.2) is 12.4 Å². The average molecular weight is 331 g/mol. The lowest BCUT2D eigenvalue weighted by atomic mass is 10.1. The summed E-state index contributed by atoms with van der Waals surface area (Å²) in [5.74, 6) is -0.218. The number of aryl methyl sites for hydroxylation is 1. The van der Waals surface area contributed by atoms with E-state index in [1.165, 1.54) is 6.07 Å². The van der Waals surface area contributed by atoms with Gasteiger partial charge < -0.3 is 14.2 Å². The smallest absolute Gasteiger partial charge is 0.338 e. The molecule has 126 valence electrons. The van der Waals surface area contributed by atoms with Crippen LogP contribution in [0.25, 0.3) is 0 Å². The monoisotopic (exact) mass is 331 g/mol. The second-order valence-electron chi connectivity index (χ2n) is 5.67. The van der Waals surface area contributed by atoms with Crippen LogP contribution in [0, 0.1) is 17.0 Å². The van der Waals surface area contributed by atoms with Crippen LogP contribution in [0.15, 0.2) is 28.8 Å². The molecule has 8 nitrogen and oxygen atoms in total. The van der Waals surface area contributed by atoms with Crippen molar-refractivity contribution in [3.05, 3.63) is 51.4 Å². The lowest BCUT2D eigenvalue weighted by Crippen LogP contribution is -2.19. The summed E-state index contributed by atoms with van der Waals surface area (Å²) in [5.41, 5.74) is 1.29. The van der Waals surface area contributed by atoms with Gasteiger partial charge in [-0.3, -0.25) is 10.1 Å². The summed E-state index contributed by atoms with van der Waals surface area (Å²) in [4.78, 5) is 24.9. The van der Waals surface area contributed by atoms with Gasteiger partial charge in [0.05, 0.1) is 16.2 Å². The van der Waals surface area contributed by atoms with Crippen molar-refractivity contribution in [3.63, 3.8) is 0 Å². The third-order valence-electron chi connectivity index (χ3n) is 3.88. The van der Waals surface area contributed by atoms with E-state index >= 15 is 0 Å². The quantitative estimate of drug-likeness (QED) is 0.472. The number of aromatic nitrogens is 1. The molecule has 2 heterocycles. The molecule has 0 aliphatic carbocycles. The third kappa shape index (κ3) is 3.37. The number of nitro benzene ring substituents is 1. The van der Waals surface area contributed by atoms with E-state index in [1.54, 1.807) is 25.1 Å². The van der Waals surface area contributed by atoms with Crippen LogP contribution in [-0.4, -0.2) is 29.1 Å². The van der Waals surface area contributed by atoms with Crippen LogP contribution in [0.1, 0.15) is 34.7 Å². The maximum atomic E-state index is 12.1. The molecular formula is C16H17N3O5. The van der Waals surface area contributed by atoms with E-state index in [0.29, 0.717) is 17.1 Å². The topological polar surface area (TPSA) is 98.7 Å². The van der Waals surface area contributed by atoms with Crippen LogP contribution in [0.5, 0.6) is 0 Å². The summed E-state index contributed by atoms with van der Waals surface area (Å²) < 4.78 is 10.1. The Labute approximate surface area is 138 Å². The zero-order valence-electron chi connectivity index (χ0n) is 13.2. The summed E-state index contributed by atoms with van der Waals surface area (Å²) in [6, 6.07) is 6.08. The molecule has 0 N–H and O–H groups in total. The number of nitro groups is 1. The van der Waals surface area contributed by atoms with Crippen LogP contribution >= 0.6 is 0 Å². The number of nitrogens with zero attached hydrogens (tertiary/aromatic N) is 3. The lowest BCUT2D eigenvalue weighted by Gasteiger charge is -2.17. The fraction of sp³-hybridized carbons (Fsp3) is 0.375. The highest BCUT2D eigenvalue weighted by Gasteiger charge is 2.24. The highest BCUT2D eigenvalue weighted by atomic mass is 16.6. The minimum absolute atomic E-state index is 0.0681. The summed E-state index contributed by atoms with van der Waals surface area (Å²) in [6.45, 7) is 3.27. The van der Waals surface area contributed by atoms with Crippen molar-refractivity contribution in [3.8, 4) is 0 Å². The highest BCUT2D eigenvalue weighted by molar-refractivity contribution is 5.91. The first-order chi connectivity index (χ1) is 11.5. The van der Waals surface area contributed by atoms with E-state index in [-0.39, 0.29) is 17.9 Å². The summed E-state index contributed by atoms with van der Waals surface area (Å²) in [5, 5.41) is 15.0. The van der Waals surface area contributed by atoms with E-state index in [2.05, 4.69) is 5.16 Å². The summed E-state index contributed by atoms with van der Waals surface area (Å²) in [6.07, 6.45) is 2.02. The molecule has 1 aromatic heterocycles. The summed E-state index contributed by atoms with van der Waals surface area (Å²) >= 11 is 0. The number of hydrogen-bond acceptors (Lipinski definition) is 7. The van der Waals surface area contributed by atoms with Crippen molar-refractivity contribution in [2.45, 2.75) is 26.4 Å². The average Bonchev–Trinajstić information content (AvgIpc) is 3.23. The van der Waals surface area contributed by atoms with E-state index in [9.17, 15) is 14.9 Å². The van der Waals surface area contributed by atoms with Gasteiger partial charge in [0.1, 0.15) is 5.69 Å². The molecule has 0 saturated carbocycles. The van der Waals surface area contributed by atoms with Crippen LogP contribution in [-0.2, 0) is 11.3 Å². The largest absolute Gasteiger partial charge is 0.454 e. The Bertz CT molecular complexity index is 765. The highest BCUT2D eigenvalue weighted by Crippen LogP contribution is 2.31. The molecule has 8 heteroatoms. The molecule has 1 aromatic carbocycles. The first-order valence-corrected chi connectivity index (χ1v) is 7.67. The van der Waals surface area contributed by atoms with Crippen molar-refractivity contribution in [2.75, 3.05) is 18.0 Å². The first kappa shape index (κ1) is 16.0. The van der Waals surface area contributed by atoms with Crippen molar-refractivity contribution < 1.29 is 19.0 Å². The SMILES string of the molecule is Cc1cc(COC(=O)c2ccc(N3CCCC3)c([N+](=O)[O-])c2)on1. The molecule has 1 aliphatic rings. The predicted molar refractivity (Wildman–Crippen MR) is 84.9 cm³/mol. The molecule has 0 atom stereocenters. The van der Waals surface area contributed by atoms with Gasteiger partial charge in [-0.2, -0.15) is 0 Å². The van der Waals surface area contributed by atoms with Crippen LogP contribution < -0.4 is 4.90 Å². The Morgan fingerprint density at radius 3 is 2.75 bits per heavy atom. The number of carbonyl (C=O) groups is 1. The number of esters is 1. The fourth-order valence-corrected chi connectivity index (χ4v) is 2.73. The van der Waals surface area contributed by atoms with E-state index < -0.39 is 10.9 Å². The molecular weight excluding hydrogens is 314 g/mol. The van der Waals surface area contributed by atoms with Crippen molar-refractivity contribution in [1.29, 1.82) is 0 Å². The number of hydrogen-bond donors (Lipinski definition) is 0. The Morgan fingerprint density at radius 1 is 1.38 bits per heavy atom. The number of carbonyl (C=O) groups excluding carboxylic acids is 1. The van der Waals surface area contributed by atoms with Crippen LogP contribution in [0.2, 0.25) is 0 Å². The van der Waals surface area contributed by atoms with Gasteiger partial charge in [-0.25, -0.2) is 4.79 Å². The first-order valence-electron chi connectivity index (χ1n) is 7.67. The molecule has 1 fully saturated rings. The normalized spacial score (nSPS) is 14.0. The Morgan fingerprint density at radius 2 is 2.12 bits per heavy atom. The zero-order chi connectivity index (χ0) is 17.1. The molecule has 0 amide bonds. The van der Waals surface area contributed by atoms with E-state index in [1.807, 2.05) is 4.90 Å². The summed E-state index contributed by atoms with van der Waals surface area (Å²) in [7, 11) is 0. The number of benzene rings is 1. The van der Waals surface area contributed by atoms with Crippen molar-refractivity contribution in [1.82, 2.24) is 5.16 Å². The zero-order valence-corrected chi connectivity index (χ0v) is 13.2. The number of anilines is 1. The molecule has 0 unspecified atom stereocenters. The molecule has 2 aromatic rings. The Kier molecular flexibility index (Phi) is 4.45. The van der Waals surface area contributed by atoms with Gasteiger partial charge in [0, 0.05) is 25.2 Å². The lowest BCUT2D eigenvalue weighted by molar-refractivity contribution is -0.384. The molecule has 0 spiro atoms. The van der Waals surface area contributed by atoms with Gasteiger partial charge in [-0.05, 0) is 31.9 Å². The van der Waals surface area contributed by atoms with Gasteiger partial charge in [0.25, 0.3) is 5.69 Å². The maximum Gasteiger partial charge on any atom is 0.338 e. The minimum atomic E-state index is -0.639. The minimum Gasteiger partial charge on any atom is -0.454 e. The predicted octanol–water partition coefficient (Wildman–Crippen LogP) is 2.85. The third-order valence-corrected chi connectivity index (χ3v) is 3.88. The van der Waals surface area contributed by atoms with Crippen molar-refractivity contribution >= 4 is 17.3 Å². The van der Waals surface area contributed by atoms with Gasteiger partial charge in [0.2, 0.25) is 0 Å². The second kappa shape index (κ2) is 6.69. The molecule has 1 aliphatic heterocycles.